The van der Waals surface area contributed by atoms with Gasteiger partial charge in [0.05, 0.1) is 0 Å². The average molecular weight is 414 g/mol. The monoisotopic (exact) mass is 413 g/mol. The molecule has 0 radical (unpaired) electrons. The van der Waals surface area contributed by atoms with Crippen molar-refractivity contribution in [2.45, 2.75) is 44.6 Å². The molecule has 0 amide bonds. The Balaban J connectivity index is 1.33. The van der Waals surface area contributed by atoms with Gasteiger partial charge < -0.3 is 9.42 Å². The Hall–Kier alpha value is -2.05. The molecule has 2 aromatic heterocycles. The number of aromatic nitrogens is 2. The fraction of sp³-hybridized carbons (Fsp3) is 0.478. The van der Waals surface area contributed by atoms with Crippen LogP contribution in [0.5, 0.6) is 0 Å². The van der Waals surface area contributed by atoms with Crippen LogP contribution in [0, 0.1) is 17.7 Å². The lowest BCUT2D eigenvalue weighted by Crippen LogP contribution is -2.30. The van der Waals surface area contributed by atoms with Crippen LogP contribution in [0.25, 0.3) is 0 Å². The smallest absolute Gasteiger partial charge is 0.226 e. The molecule has 1 aliphatic rings. The number of benzene rings is 1. The quantitative estimate of drug-likeness (QED) is 0.512. The van der Waals surface area contributed by atoms with Crippen molar-refractivity contribution in [2.75, 3.05) is 14.1 Å². The molecule has 0 bridgehead atoms. The summed E-state index contributed by atoms with van der Waals surface area (Å²) in [5, 5.41) is 6.22. The summed E-state index contributed by atoms with van der Waals surface area (Å²) in [6, 6.07) is 11.5. The molecule has 1 fully saturated rings. The van der Waals surface area contributed by atoms with Crippen molar-refractivity contribution >= 4 is 11.3 Å². The average Bonchev–Trinajstić information content (AvgIpc) is 3.36. The Kier molecular flexibility index (Phi) is 6.40. The van der Waals surface area contributed by atoms with Gasteiger partial charge in [0.1, 0.15) is 5.82 Å². The van der Waals surface area contributed by atoms with E-state index < -0.39 is 0 Å². The summed E-state index contributed by atoms with van der Waals surface area (Å²) >= 11 is 1.72. The van der Waals surface area contributed by atoms with E-state index >= 15 is 0 Å². The van der Waals surface area contributed by atoms with Gasteiger partial charge in [0.15, 0.2) is 5.82 Å². The van der Waals surface area contributed by atoms with Gasteiger partial charge >= 0.3 is 0 Å². The van der Waals surface area contributed by atoms with Crippen LogP contribution in [0.4, 0.5) is 4.39 Å². The van der Waals surface area contributed by atoms with Crippen molar-refractivity contribution in [2.24, 2.45) is 11.8 Å². The van der Waals surface area contributed by atoms with Crippen LogP contribution in [-0.4, -0.2) is 29.1 Å². The lowest BCUT2D eigenvalue weighted by atomic mass is 9.75. The van der Waals surface area contributed by atoms with E-state index in [-0.39, 0.29) is 11.9 Å². The molecule has 0 saturated heterocycles. The predicted octanol–water partition coefficient (Wildman–Crippen LogP) is 5.51. The van der Waals surface area contributed by atoms with Crippen LogP contribution in [-0.2, 0) is 12.8 Å². The molecule has 29 heavy (non-hydrogen) atoms. The second-order valence-corrected chi connectivity index (χ2v) is 9.34. The van der Waals surface area contributed by atoms with Crippen LogP contribution >= 0.6 is 11.3 Å². The normalized spacial score (nSPS) is 20.8. The molecule has 6 heteroatoms. The summed E-state index contributed by atoms with van der Waals surface area (Å²) in [5.74, 6) is 2.50. The maximum Gasteiger partial charge on any atom is 0.226 e. The van der Waals surface area contributed by atoms with Crippen molar-refractivity contribution in [3.63, 3.8) is 0 Å². The fourth-order valence-corrected chi connectivity index (χ4v) is 5.35. The number of nitrogens with zero attached hydrogens (tertiary/aromatic N) is 3. The van der Waals surface area contributed by atoms with Crippen molar-refractivity contribution in [3.05, 3.63) is 69.8 Å². The summed E-state index contributed by atoms with van der Waals surface area (Å²) in [7, 11) is 4.18. The lowest BCUT2D eigenvalue weighted by molar-refractivity contribution is 0.145. The van der Waals surface area contributed by atoms with E-state index in [2.05, 4.69) is 40.6 Å². The summed E-state index contributed by atoms with van der Waals surface area (Å²) in [5.41, 5.74) is 1.08. The maximum atomic E-state index is 13.7. The number of rotatable bonds is 7. The van der Waals surface area contributed by atoms with Gasteiger partial charge in [-0.05, 0) is 80.8 Å². The molecule has 154 valence electrons. The third kappa shape index (κ3) is 5.11. The van der Waals surface area contributed by atoms with E-state index in [4.69, 9.17) is 4.52 Å². The van der Waals surface area contributed by atoms with E-state index in [1.165, 1.54) is 10.9 Å². The third-order valence-corrected chi connectivity index (χ3v) is 6.85. The molecule has 3 aromatic rings. The zero-order valence-electron chi connectivity index (χ0n) is 17.1. The van der Waals surface area contributed by atoms with Crippen molar-refractivity contribution in [1.29, 1.82) is 0 Å². The zero-order chi connectivity index (χ0) is 20.2. The molecule has 1 aliphatic carbocycles. The largest absolute Gasteiger partial charge is 0.339 e. The number of thiophene rings is 1. The molecule has 4 rings (SSSR count). The van der Waals surface area contributed by atoms with E-state index in [0.29, 0.717) is 11.8 Å². The first-order valence-electron chi connectivity index (χ1n) is 10.3. The number of halogens is 1. The minimum atomic E-state index is -0.155. The minimum absolute atomic E-state index is 0.155. The number of hydrogen-bond acceptors (Lipinski definition) is 5. The lowest BCUT2D eigenvalue weighted by Gasteiger charge is -2.37. The SMILES string of the molecule is CN(C)C(c1cccc(F)c1)C1CCC(Cc2nc(Cc3cccs3)no2)CC1. The Morgan fingerprint density at radius 2 is 2.00 bits per heavy atom. The van der Waals surface area contributed by atoms with Gasteiger partial charge in [0.25, 0.3) is 0 Å². The summed E-state index contributed by atoms with van der Waals surface area (Å²) in [6.45, 7) is 0. The summed E-state index contributed by atoms with van der Waals surface area (Å²) in [4.78, 5) is 8.08. The van der Waals surface area contributed by atoms with Crippen LogP contribution < -0.4 is 0 Å². The van der Waals surface area contributed by atoms with Crippen LogP contribution in [0.2, 0.25) is 0 Å². The molecular weight excluding hydrogens is 385 g/mol. The van der Waals surface area contributed by atoms with E-state index in [9.17, 15) is 4.39 Å². The fourth-order valence-electron chi connectivity index (χ4n) is 4.65. The van der Waals surface area contributed by atoms with Crippen molar-refractivity contribution in [3.8, 4) is 0 Å². The molecule has 1 atom stereocenters. The standard InChI is InChI=1S/C23H28FN3OS/c1-27(2)23(18-5-3-6-19(24)14-18)17-10-8-16(9-11-17)13-22-25-21(26-28-22)15-20-7-4-12-29-20/h3-7,12,14,16-17,23H,8-11,13,15H2,1-2H3. The van der Waals surface area contributed by atoms with Crippen LogP contribution in [0.3, 0.4) is 0 Å². The first-order chi connectivity index (χ1) is 14.1. The molecule has 0 aliphatic heterocycles. The Morgan fingerprint density at radius 3 is 2.69 bits per heavy atom. The zero-order valence-corrected chi connectivity index (χ0v) is 17.9. The van der Waals surface area contributed by atoms with E-state index in [1.54, 1.807) is 17.4 Å². The van der Waals surface area contributed by atoms with E-state index in [0.717, 1.165) is 55.8 Å². The van der Waals surface area contributed by atoms with Gasteiger partial charge in [-0.1, -0.05) is 23.4 Å². The molecule has 1 aromatic carbocycles. The third-order valence-electron chi connectivity index (χ3n) is 5.97. The van der Waals surface area contributed by atoms with Gasteiger partial charge in [-0.2, -0.15) is 4.98 Å². The summed E-state index contributed by atoms with van der Waals surface area (Å²) < 4.78 is 19.2. The Labute approximate surface area is 175 Å². The minimum Gasteiger partial charge on any atom is -0.339 e. The molecule has 0 spiro atoms. The van der Waals surface area contributed by atoms with E-state index in [1.807, 2.05) is 18.2 Å². The Morgan fingerprint density at radius 1 is 1.17 bits per heavy atom. The second kappa shape index (κ2) is 9.18. The summed E-state index contributed by atoms with van der Waals surface area (Å²) in [6.07, 6.45) is 6.17. The van der Waals surface area contributed by atoms with Gasteiger partial charge in [-0.15, -0.1) is 11.3 Å². The van der Waals surface area contributed by atoms with Crippen LogP contribution in [0.1, 0.15) is 53.9 Å². The van der Waals surface area contributed by atoms with Gasteiger partial charge in [0.2, 0.25) is 5.89 Å². The highest BCUT2D eigenvalue weighted by Crippen LogP contribution is 2.40. The maximum absolute atomic E-state index is 13.7. The van der Waals surface area contributed by atoms with Crippen LogP contribution in [0.15, 0.2) is 46.3 Å². The first-order valence-corrected chi connectivity index (χ1v) is 11.2. The number of hydrogen-bond donors (Lipinski definition) is 0. The highest BCUT2D eigenvalue weighted by Gasteiger charge is 2.31. The van der Waals surface area contributed by atoms with Gasteiger partial charge in [-0.3, -0.25) is 0 Å². The Bertz CT molecular complexity index is 901. The molecule has 1 unspecified atom stereocenters. The molecule has 2 heterocycles. The van der Waals surface area contributed by atoms with Crippen molar-refractivity contribution in [1.82, 2.24) is 15.0 Å². The highest BCUT2D eigenvalue weighted by atomic mass is 32.1. The molecule has 4 nitrogen and oxygen atoms in total. The topological polar surface area (TPSA) is 42.2 Å². The predicted molar refractivity (Wildman–Crippen MR) is 113 cm³/mol. The highest BCUT2D eigenvalue weighted by molar-refractivity contribution is 7.09. The molecular formula is C23H28FN3OS. The molecule has 0 N–H and O–H groups in total. The first kappa shape index (κ1) is 20.2. The second-order valence-electron chi connectivity index (χ2n) is 8.31. The molecule has 1 saturated carbocycles. The van der Waals surface area contributed by atoms with Gasteiger partial charge in [0, 0.05) is 23.8 Å². The van der Waals surface area contributed by atoms with Crippen molar-refractivity contribution < 1.29 is 8.91 Å². The van der Waals surface area contributed by atoms with Gasteiger partial charge in [-0.25, -0.2) is 4.39 Å².